The summed E-state index contributed by atoms with van der Waals surface area (Å²) in [5.41, 5.74) is 1.04. The van der Waals surface area contributed by atoms with Crippen molar-refractivity contribution >= 4 is 12.2 Å². The van der Waals surface area contributed by atoms with Crippen molar-refractivity contribution in [1.82, 2.24) is 9.97 Å². The number of hydrogen-bond donors (Lipinski definition) is 1. The number of H-pyrrole nitrogens is 1. The first-order chi connectivity index (χ1) is 7.40. The fraction of sp³-hybridized carbons (Fsp3) is 0.0833. The van der Waals surface area contributed by atoms with E-state index in [0.717, 1.165) is 17.1 Å². The highest BCUT2D eigenvalue weighted by molar-refractivity contribution is 5.70. The third kappa shape index (κ3) is 2.26. The molecule has 1 N–H and O–H groups in total. The molecule has 2 aromatic rings. The molecule has 2 rings (SSSR count). The van der Waals surface area contributed by atoms with Gasteiger partial charge in [-0.25, -0.2) is 4.98 Å². The highest BCUT2D eigenvalue weighted by Gasteiger charge is 1.96. The van der Waals surface area contributed by atoms with E-state index in [-0.39, 0.29) is 0 Å². The van der Waals surface area contributed by atoms with Gasteiger partial charge in [-0.3, -0.25) is 0 Å². The largest absolute Gasteiger partial charge is 0.496 e. The van der Waals surface area contributed by atoms with E-state index in [0.29, 0.717) is 0 Å². The molecule has 76 valence electrons. The summed E-state index contributed by atoms with van der Waals surface area (Å²) >= 11 is 0. The predicted molar refractivity (Wildman–Crippen MR) is 60.5 cm³/mol. The van der Waals surface area contributed by atoms with E-state index in [9.17, 15) is 0 Å². The molecule has 1 heterocycles. The molecule has 1 aromatic heterocycles. The number of rotatable bonds is 3. The summed E-state index contributed by atoms with van der Waals surface area (Å²) < 4.78 is 5.23. The average Bonchev–Trinajstić information content (AvgIpc) is 2.79. The zero-order valence-corrected chi connectivity index (χ0v) is 8.47. The molecule has 0 spiro atoms. The number of hydrogen-bond acceptors (Lipinski definition) is 2. The normalized spacial score (nSPS) is 10.7. The molecular weight excluding hydrogens is 188 g/mol. The number of nitrogens with zero attached hydrogens (tertiary/aromatic N) is 1. The Morgan fingerprint density at radius 2 is 2.13 bits per heavy atom. The van der Waals surface area contributed by atoms with E-state index in [4.69, 9.17) is 4.74 Å². The molecule has 0 fully saturated rings. The molecule has 0 aliphatic heterocycles. The van der Waals surface area contributed by atoms with Crippen LogP contribution in [0.15, 0.2) is 36.7 Å². The second kappa shape index (κ2) is 4.46. The lowest BCUT2D eigenvalue weighted by molar-refractivity contribution is 0.414. The lowest BCUT2D eigenvalue weighted by Gasteiger charge is -2.02. The molecule has 3 heteroatoms. The van der Waals surface area contributed by atoms with Gasteiger partial charge >= 0.3 is 0 Å². The monoisotopic (exact) mass is 200 g/mol. The zero-order valence-electron chi connectivity index (χ0n) is 8.47. The maximum atomic E-state index is 5.23. The van der Waals surface area contributed by atoms with Crippen LogP contribution in [0.1, 0.15) is 11.4 Å². The third-order valence-corrected chi connectivity index (χ3v) is 2.08. The molecule has 0 bridgehead atoms. The van der Waals surface area contributed by atoms with Crippen LogP contribution in [0.3, 0.4) is 0 Å². The van der Waals surface area contributed by atoms with Gasteiger partial charge in [0, 0.05) is 18.0 Å². The molecule has 0 aliphatic rings. The van der Waals surface area contributed by atoms with E-state index in [1.807, 2.05) is 36.4 Å². The molecule has 0 radical (unpaired) electrons. The van der Waals surface area contributed by atoms with Crippen molar-refractivity contribution in [3.05, 3.63) is 48.0 Å². The Bertz CT molecular complexity index is 446. The van der Waals surface area contributed by atoms with Gasteiger partial charge in [0.05, 0.1) is 7.11 Å². The molecule has 0 saturated heterocycles. The fourth-order valence-electron chi connectivity index (χ4n) is 1.34. The molecule has 0 saturated carbocycles. The Kier molecular flexibility index (Phi) is 2.83. The van der Waals surface area contributed by atoms with E-state index in [1.54, 1.807) is 19.5 Å². The van der Waals surface area contributed by atoms with Crippen molar-refractivity contribution in [2.75, 3.05) is 7.11 Å². The summed E-state index contributed by atoms with van der Waals surface area (Å²) in [5, 5.41) is 0. The van der Waals surface area contributed by atoms with Crippen LogP contribution in [0.25, 0.3) is 12.2 Å². The smallest absolute Gasteiger partial charge is 0.129 e. The summed E-state index contributed by atoms with van der Waals surface area (Å²) in [6, 6.07) is 7.85. The summed E-state index contributed by atoms with van der Waals surface area (Å²) in [6.45, 7) is 0. The second-order valence-electron chi connectivity index (χ2n) is 3.05. The Labute approximate surface area is 88.4 Å². The van der Waals surface area contributed by atoms with Crippen LogP contribution in [0, 0.1) is 0 Å². The fourth-order valence-corrected chi connectivity index (χ4v) is 1.34. The molecule has 0 unspecified atom stereocenters. The Balaban J connectivity index is 2.24. The van der Waals surface area contributed by atoms with Crippen LogP contribution < -0.4 is 4.74 Å². The topological polar surface area (TPSA) is 37.9 Å². The van der Waals surface area contributed by atoms with Crippen molar-refractivity contribution in [2.24, 2.45) is 0 Å². The Hall–Kier alpha value is -2.03. The van der Waals surface area contributed by atoms with Gasteiger partial charge in [0.2, 0.25) is 0 Å². The molecule has 15 heavy (non-hydrogen) atoms. The summed E-state index contributed by atoms with van der Waals surface area (Å²) in [6.07, 6.45) is 7.40. The number of methoxy groups -OCH3 is 1. The minimum atomic E-state index is 0.834. The first-order valence-electron chi connectivity index (χ1n) is 4.70. The molecule has 3 nitrogen and oxygen atoms in total. The van der Waals surface area contributed by atoms with Crippen LogP contribution in [-0.4, -0.2) is 17.1 Å². The van der Waals surface area contributed by atoms with Crippen LogP contribution in [0.2, 0.25) is 0 Å². The highest BCUT2D eigenvalue weighted by atomic mass is 16.5. The first-order valence-corrected chi connectivity index (χ1v) is 4.70. The number of imidazole rings is 1. The minimum absolute atomic E-state index is 0.834. The van der Waals surface area contributed by atoms with Crippen molar-refractivity contribution in [2.45, 2.75) is 0 Å². The lowest BCUT2D eigenvalue weighted by Crippen LogP contribution is -1.85. The van der Waals surface area contributed by atoms with Crippen molar-refractivity contribution in [3.63, 3.8) is 0 Å². The van der Waals surface area contributed by atoms with Gasteiger partial charge in [0.25, 0.3) is 0 Å². The highest BCUT2D eigenvalue weighted by Crippen LogP contribution is 2.19. The average molecular weight is 200 g/mol. The zero-order chi connectivity index (χ0) is 10.5. The first kappa shape index (κ1) is 9.52. The van der Waals surface area contributed by atoms with Crippen molar-refractivity contribution < 1.29 is 4.74 Å². The number of aromatic amines is 1. The van der Waals surface area contributed by atoms with E-state index < -0.39 is 0 Å². The third-order valence-electron chi connectivity index (χ3n) is 2.08. The number of aromatic nitrogens is 2. The van der Waals surface area contributed by atoms with E-state index in [2.05, 4.69) is 9.97 Å². The molecule has 0 atom stereocenters. The number of para-hydroxylation sites is 1. The minimum Gasteiger partial charge on any atom is -0.496 e. The molecular formula is C12H12N2O. The van der Waals surface area contributed by atoms with Gasteiger partial charge < -0.3 is 9.72 Å². The predicted octanol–water partition coefficient (Wildman–Crippen LogP) is 2.59. The van der Waals surface area contributed by atoms with Crippen molar-refractivity contribution in [3.8, 4) is 5.75 Å². The van der Waals surface area contributed by atoms with Crippen LogP contribution in [0.4, 0.5) is 0 Å². The quantitative estimate of drug-likeness (QED) is 0.826. The summed E-state index contributed by atoms with van der Waals surface area (Å²) in [5.74, 6) is 1.70. The Morgan fingerprint density at radius 3 is 2.87 bits per heavy atom. The molecule has 0 aliphatic carbocycles. The SMILES string of the molecule is COc1ccccc1C=Cc1ncc[nH]1. The summed E-state index contributed by atoms with van der Waals surface area (Å²) in [7, 11) is 1.67. The van der Waals surface area contributed by atoms with E-state index in [1.165, 1.54) is 0 Å². The van der Waals surface area contributed by atoms with E-state index >= 15 is 0 Å². The molecule has 1 aromatic carbocycles. The van der Waals surface area contributed by atoms with Crippen LogP contribution in [0.5, 0.6) is 5.75 Å². The van der Waals surface area contributed by atoms with Gasteiger partial charge in [-0.05, 0) is 18.2 Å². The van der Waals surface area contributed by atoms with Crippen molar-refractivity contribution in [1.29, 1.82) is 0 Å². The van der Waals surface area contributed by atoms with Gasteiger partial charge in [-0.15, -0.1) is 0 Å². The lowest BCUT2D eigenvalue weighted by atomic mass is 10.2. The number of ether oxygens (including phenoxy) is 1. The summed E-state index contributed by atoms with van der Waals surface area (Å²) in [4.78, 5) is 7.11. The van der Waals surface area contributed by atoms with Gasteiger partial charge in [-0.2, -0.15) is 0 Å². The maximum absolute atomic E-state index is 5.23. The Morgan fingerprint density at radius 1 is 1.27 bits per heavy atom. The van der Waals surface area contributed by atoms with Gasteiger partial charge in [0.1, 0.15) is 11.6 Å². The second-order valence-corrected chi connectivity index (χ2v) is 3.05. The molecule has 0 amide bonds. The number of benzene rings is 1. The number of nitrogens with one attached hydrogen (secondary N) is 1. The van der Waals surface area contributed by atoms with Gasteiger partial charge in [0.15, 0.2) is 0 Å². The van der Waals surface area contributed by atoms with Gasteiger partial charge in [-0.1, -0.05) is 18.2 Å². The standard InChI is InChI=1S/C12H12N2O/c1-15-11-5-3-2-4-10(11)6-7-12-13-8-9-14-12/h2-9H,1H3,(H,13,14). The van der Waals surface area contributed by atoms with Crippen LogP contribution >= 0.6 is 0 Å². The van der Waals surface area contributed by atoms with Crippen LogP contribution in [-0.2, 0) is 0 Å². The maximum Gasteiger partial charge on any atom is 0.129 e.